The van der Waals surface area contributed by atoms with Crippen LogP contribution in [0.1, 0.15) is 12.8 Å². The molecule has 1 aliphatic rings. The molecule has 0 radical (unpaired) electrons. The van der Waals surface area contributed by atoms with Gasteiger partial charge in [0.15, 0.2) is 5.96 Å². The number of hydrogen-bond donors (Lipinski definition) is 3. The van der Waals surface area contributed by atoms with E-state index in [2.05, 4.69) is 5.32 Å². The van der Waals surface area contributed by atoms with Gasteiger partial charge in [0.1, 0.15) is 0 Å². The van der Waals surface area contributed by atoms with Crippen LogP contribution in [-0.2, 0) is 0 Å². The molecule has 1 atom stereocenters. The molecule has 1 aliphatic heterocycles. The van der Waals surface area contributed by atoms with Crippen LogP contribution in [0.2, 0.25) is 0 Å². The second kappa shape index (κ2) is 3.57. The molecular weight excluding hydrogens is 140 g/mol. The highest BCUT2D eigenvalue weighted by Crippen LogP contribution is 2.06. The molecule has 11 heavy (non-hydrogen) atoms. The molecule has 1 rings (SSSR count). The van der Waals surface area contributed by atoms with Crippen LogP contribution in [0.3, 0.4) is 0 Å². The third kappa shape index (κ3) is 2.08. The lowest BCUT2D eigenvalue weighted by atomic mass is 10.1. The van der Waals surface area contributed by atoms with Gasteiger partial charge in [-0.15, -0.1) is 0 Å². The van der Waals surface area contributed by atoms with Crippen LogP contribution in [-0.4, -0.2) is 37.0 Å². The summed E-state index contributed by atoms with van der Waals surface area (Å²) in [4.78, 5) is 1.83. The molecule has 4 nitrogen and oxygen atoms in total. The summed E-state index contributed by atoms with van der Waals surface area (Å²) in [7, 11) is 1.88. The van der Waals surface area contributed by atoms with Crippen molar-refractivity contribution >= 4 is 5.96 Å². The van der Waals surface area contributed by atoms with Gasteiger partial charge in [0.05, 0.1) is 0 Å². The van der Waals surface area contributed by atoms with Crippen molar-refractivity contribution in [2.24, 2.45) is 5.73 Å². The molecule has 0 amide bonds. The van der Waals surface area contributed by atoms with Gasteiger partial charge in [-0.05, 0) is 19.4 Å². The van der Waals surface area contributed by atoms with E-state index >= 15 is 0 Å². The summed E-state index contributed by atoms with van der Waals surface area (Å²) < 4.78 is 0. The van der Waals surface area contributed by atoms with Crippen LogP contribution < -0.4 is 11.1 Å². The summed E-state index contributed by atoms with van der Waals surface area (Å²) in [6, 6.07) is 0.418. The first-order chi connectivity index (χ1) is 5.22. The topological polar surface area (TPSA) is 65.1 Å². The van der Waals surface area contributed by atoms with Gasteiger partial charge in [0.2, 0.25) is 0 Å². The Bertz CT molecular complexity index is 139. The summed E-state index contributed by atoms with van der Waals surface area (Å²) in [5.41, 5.74) is 5.35. The van der Waals surface area contributed by atoms with Crippen molar-refractivity contribution in [3.8, 4) is 0 Å². The number of likely N-dealkylation sites (N-methyl/N-ethyl adjacent to an activating group) is 1. The molecular formula is C7H16N4. The Labute approximate surface area is 67.3 Å². The van der Waals surface area contributed by atoms with Gasteiger partial charge in [-0.2, -0.15) is 0 Å². The van der Waals surface area contributed by atoms with Gasteiger partial charge >= 0.3 is 0 Å². The van der Waals surface area contributed by atoms with Crippen LogP contribution in [0.4, 0.5) is 0 Å². The maximum Gasteiger partial charge on any atom is 0.188 e. The maximum atomic E-state index is 7.21. The molecule has 0 saturated carbocycles. The van der Waals surface area contributed by atoms with Crippen LogP contribution in [0.15, 0.2) is 0 Å². The van der Waals surface area contributed by atoms with Gasteiger partial charge in [-0.1, -0.05) is 0 Å². The van der Waals surface area contributed by atoms with Gasteiger partial charge in [0, 0.05) is 19.6 Å². The summed E-state index contributed by atoms with van der Waals surface area (Å²) in [5.74, 6) is 0.165. The fraction of sp³-hybridized carbons (Fsp3) is 0.857. The van der Waals surface area contributed by atoms with Crippen LogP contribution in [0.25, 0.3) is 0 Å². The Morgan fingerprint density at radius 3 is 2.91 bits per heavy atom. The minimum absolute atomic E-state index is 0.165. The minimum atomic E-state index is 0.165. The number of piperidine rings is 1. The van der Waals surface area contributed by atoms with E-state index in [9.17, 15) is 0 Å². The Morgan fingerprint density at radius 1 is 1.73 bits per heavy atom. The van der Waals surface area contributed by atoms with Crippen molar-refractivity contribution in [3.63, 3.8) is 0 Å². The first kappa shape index (κ1) is 8.33. The average molecular weight is 156 g/mol. The molecule has 0 unspecified atom stereocenters. The predicted octanol–water partition coefficient (Wildman–Crippen LogP) is -0.436. The summed E-state index contributed by atoms with van der Waals surface area (Å²) in [6.07, 6.45) is 2.32. The molecule has 1 heterocycles. The lowest BCUT2D eigenvalue weighted by Gasteiger charge is -2.31. The quantitative estimate of drug-likeness (QED) is 0.356. The molecule has 4 N–H and O–H groups in total. The lowest BCUT2D eigenvalue weighted by Crippen LogP contribution is -2.48. The van der Waals surface area contributed by atoms with E-state index in [4.69, 9.17) is 11.1 Å². The van der Waals surface area contributed by atoms with Crippen molar-refractivity contribution in [2.45, 2.75) is 18.9 Å². The third-order valence-corrected chi connectivity index (χ3v) is 2.20. The maximum absolute atomic E-state index is 7.21. The van der Waals surface area contributed by atoms with Crippen LogP contribution in [0, 0.1) is 5.41 Å². The fourth-order valence-corrected chi connectivity index (χ4v) is 1.36. The van der Waals surface area contributed by atoms with Crippen molar-refractivity contribution < 1.29 is 0 Å². The highest BCUT2D eigenvalue weighted by molar-refractivity contribution is 5.74. The standard InChI is InChI=1S/C7H16N4/c1-11(7(8)9)6-3-2-4-10-5-6/h6,10H,2-5H2,1H3,(H3,8,9)/t6-/m0/s1. The highest BCUT2D eigenvalue weighted by Gasteiger charge is 2.17. The Morgan fingerprint density at radius 2 is 2.45 bits per heavy atom. The smallest absolute Gasteiger partial charge is 0.188 e. The van der Waals surface area contributed by atoms with Crippen LogP contribution >= 0.6 is 0 Å². The largest absolute Gasteiger partial charge is 0.370 e. The minimum Gasteiger partial charge on any atom is -0.370 e. The first-order valence-corrected chi connectivity index (χ1v) is 3.99. The number of nitrogens with zero attached hydrogens (tertiary/aromatic N) is 1. The van der Waals surface area contributed by atoms with Gasteiger partial charge in [0.25, 0.3) is 0 Å². The fourth-order valence-electron chi connectivity index (χ4n) is 1.36. The second-order valence-electron chi connectivity index (χ2n) is 3.00. The lowest BCUT2D eigenvalue weighted by molar-refractivity contribution is 0.290. The van der Waals surface area contributed by atoms with Crippen molar-refractivity contribution in [1.82, 2.24) is 10.2 Å². The Balaban J connectivity index is 2.38. The second-order valence-corrected chi connectivity index (χ2v) is 3.00. The first-order valence-electron chi connectivity index (χ1n) is 3.99. The number of nitrogens with two attached hydrogens (primary N) is 1. The normalized spacial score (nSPS) is 24.6. The zero-order valence-electron chi connectivity index (χ0n) is 6.93. The number of hydrogen-bond acceptors (Lipinski definition) is 2. The van der Waals surface area contributed by atoms with E-state index in [1.807, 2.05) is 11.9 Å². The average Bonchev–Trinajstić information content (AvgIpc) is 2.05. The Hall–Kier alpha value is -0.770. The molecule has 64 valence electrons. The summed E-state index contributed by atoms with van der Waals surface area (Å²) in [6.45, 7) is 2.05. The van der Waals surface area contributed by atoms with Crippen molar-refractivity contribution in [3.05, 3.63) is 0 Å². The van der Waals surface area contributed by atoms with Crippen molar-refractivity contribution in [1.29, 1.82) is 5.41 Å². The Kier molecular flexibility index (Phi) is 2.70. The van der Waals surface area contributed by atoms with E-state index in [0.29, 0.717) is 6.04 Å². The molecule has 1 fully saturated rings. The van der Waals surface area contributed by atoms with Gasteiger partial charge in [-0.25, -0.2) is 0 Å². The van der Waals surface area contributed by atoms with Gasteiger partial charge in [-0.3, -0.25) is 5.41 Å². The number of rotatable bonds is 1. The molecule has 0 bridgehead atoms. The zero-order chi connectivity index (χ0) is 8.27. The SMILES string of the molecule is CN(C(=N)N)[C@H]1CCCNC1. The van der Waals surface area contributed by atoms with Crippen LogP contribution in [0.5, 0.6) is 0 Å². The molecule has 0 aromatic rings. The zero-order valence-corrected chi connectivity index (χ0v) is 6.93. The molecule has 1 saturated heterocycles. The number of guanidine groups is 1. The van der Waals surface area contributed by atoms with Gasteiger partial charge < -0.3 is 16.0 Å². The molecule has 0 aromatic carbocycles. The third-order valence-electron chi connectivity index (χ3n) is 2.20. The molecule has 4 heteroatoms. The number of nitrogens with one attached hydrogen (secondary N) is 2. The molecule has 0 spiro atoms. The van der Waals surface area contributed by atoms with E-state index in [1.165, 1.54) is 6.42 Å². The predicted molar refractivity (Wildman–Crippen MR) is 45.6 cm³/mol. The van der Waals surface area contributed by atoms with E-state index in [-0.39, 0.29) is 5.96 Å². The molecule has 0 aliphatic carbocycles. The highest BCUT2D eigenvalue weighted by atomic mass is 15.2. The molecule has 0 aromatic heterocycles. The van der Waals surface area contributed by atoms with E-state index < -0.39 is 0 Å². The van der Waals surface area contributed by atoms with E-state index in [0.717, 1.165) is 19.5 Å². The monoisotopic (exact) mass is 156 g/mol. The summed E-state index contributed by atoms with van der Waals surface area (Å²) >= 11 is 0. The van der Waals surface area contributed by atoms with E-state index in [1.54, 1.807) is 0 Å². The van der Waals surface area contributed by atoms with Crippen molar-refractivity contribution in [2.75, 3.05) is 20.1 Å². The summed E-state index contributed by atoms with van der Waals surface area (Å²) in [5, 5.41) is 10.5.